The highest BCUT2D eigenvalue weighted by molar-refractivity contribution is 7.80. The van der Waals surface area contributed by atoms with Gasteiger partial charge in [-0.2, -0.15) is 5.10 Å². The molecule has 1 atom stereocenters. The number of nitrogens with one attached hydrogen (secondary N) is 4. The Labute approximate surface area is 306 Å². The molecule has 264 valence electrons. The molecule has 4 N–H and O–H groups in total. The van der Waals surface area contributed by atoms with Crippen LogP contribution in [0.1, 0.15) is 76.0 Å². The number of thiophene rings is 1. The molecule has 0 saturated heterocycles. The van der Waals surface area contributed by atoms with Crippen LogP contribution >= 0.6 is 23.6 Å². The highest BCUT2D eigenvalue weighted by atomic mass is 32.1. The van der Waals surface area contributed by atoms with E-state index in [0.717, 1.165) is 64.4 Å². The largest absolute Gasteiger partial charge is 0.483 e. The van der Waals surface area contributed by atoms with Crippen LogP contribution < -0.4 is 26.1 Å². The molecule has 6 rings (SSSR count). The molecule has 3 heterocycles. The van der Waals surface area contributed by atoms with Gasteiger partial charge in [0.15, 0.2) is 11.7 Å². The van der Waals surface area contributed by atoms with Crippen molar-refractivity contribution in [1.82, 2.24) is 20.6 Å². The topological polar surface area (TPSA) is 135 Å². The second-order valence-corrected chi connectivity index (χ2v) is 13.8. The summed E-state index contributed by atoms with van der Waals surface area (Å²) in [6, 6.07) is 18.0. The lowest BCUT2D eigenvalue weighted by Gasteiger charge is -2.30. The van der Waals surface area contributed by atoms with Crippen LogP contribution in [0.2, 0.25) is 0 Å². The van der Waals surface area contributed by atoms with Crippen molar-refractivity contribution < 1.29 is 23.9 Å². The van der Waals surface area contributed by atoms with Crippen LogP contribution in [0.5, 0.6) is 5.75 Å². The minimum Gasteiger partial charge on any atom is -0.483 e. The molecular formula is C38H40N6O5S2. The predicted molar refractivity (Wildman–Crippen MR) is 203 cm³/mol. The summed E-state index contributed by atoms with van der Waals surface area (Å²) < 4.78 is 13.3. The number of para-hydroxylation sites is 2. The number of hydrogen-bond donors (Lipinski definition) is 4. The van der Waals surface area contributed by atoms with Gasteiger partial charge in [-0.3, -0.25) is 9.59 Å². The van der Waals surface area contributed by atoms with Crippen LogP contribution in [0, 0.1) is 13.8 Å². The van der Waals surface area contributed by atoms with Crippen molar-refractivity contribution in [2.75, 3.05) is 18.5 Å². The molecule has 4 aromatic rings. The maximum Gasteiger partial charge on any atom is 0.338 e. The molecule has 1 aliphatic carbocycles. The van der Waals surface area contributed by atoms with Crippen molar-refractivity contribution >= 4 is 58.4 Å². The van der Waals surface area contributed by atoms with Gasteiger partial charge in [0.2, 0.25) is 0 Å². The number of nitrogens with zero attached hydrogens (tertiary/aromatic N) is 2. The average molecular weight is 725 g/mol. The lowest BCUT2D eigenvalue weighted by molar-refractivity contribution is -0.139. The number of thiocarbonyl (C=S) groups is 1. The maximum absolute atomic E-state index is 13.8. The highest BCUT2D eigenvalue weighted by Gasteiger charge is 2.33. The lowest BCUT2D eigenvalue weighted by Crippen LogP contribution is -2.45. The smallest absolute Gasteiger partial charge is 0.338 e. The molecular weight excluding hydrogens is 685 g/mol. The molecule has 0 radical (unpaired) electrons. The quantitative estimate of drug-likeness (QED) is 0.0625. The number of hydrazone groups is 1. The number of carbonyl (C=O) groups excluding carboxylic acids is 3. The molecule has 11 nitrogen and oxygen atoms in total. The van der Waals surface area contributed by atoms with Crippen molar-refractivity contribution in [3.63, 3.8) is 0 Å². The Morgan fingerprint density at radius 1 is 1.06 bits per heavy atom. The van der Waals surface area contributed by atoms with Gasteiger partial charge in [-0.25, -0.2) is 10.2 Å². The molecule has 51 heavy (non-hydrogen) atoms. The summed E-state index contributed by atoms with van der Waals surface area (Å²) in [7, 11) is 0. The van der Waals surface area contributed by atoms with E-state index in [1.165, 1.54) is 4.88 Å². The SMILES string of the molecule is CCOC(=O)C1=C(C)NC(=S)N[C@@H]1c1ccccc1OCC(=O)NN=Cc1cc(C)n(-c2sc3c(c2C(=O)Nc2ccccc2)CCCC3)c1C. The van der Waals surface area contributed by atoms with E-state index in [4.69, 9.17) is 21.7 Å². The molecule has 2 aliphatic rings. The summed E-state index contributed by atoms with van der Waals surface area (Å²) >= 11 is 7.03. The number of aromatic nitrogens is 1. The van der Waals surface area contributed by atoms with Gasteiger partial charge in [0.05, 0.1) is 30.0 Å². The fraction of sp³-hybridized carbons (Fsp3) is 0.289. The van der Waals surface area contributed by atoms with Gasteiger partial charge < -0.3 is 30.0 Å². The maximum atomic E-state index is 13.8. The molecule has 2 aromatic carbocycles. The van der Waals surface area contributed by atoms with E-state index in [-0.39, 0.29) is 19.1 Å². The van der Waals surface area contributed by atoms with Crippen molar-refractivity contribution in [2.45, 2.75) is 59.4 Å². The average Bonchev–Trinajstić information content (AvgIpc) is 3.63. The molecule has 2 amide bonds. The van der Waals surface area contributed by atoms with Gasteiger partial charge in [-0.15, -0.1) is 11.3 Å². The van der Waals surface area contributed by atoms with Crippen LogP contribution in [0.15, 0.2) is 77.0 Å². The molecule has 2 aromatic heterocycles. The van der Waals surface area contributed by atoms with Crippen LogP contribution in [-0.4, -0.2) is 46.9 Å². The van der Waals surface area contributed by atoms with Crippen molar-refractivity contribution in [3.8, 4) is 10.8 Å². The number of rotatable bonds is 11. The number of aryl methyl sites for hydroxylation is 2. The first-order chi connectivity index (χ1) is 24.7. The molecule has 0 fully saturated rings. The van der Waals surface area contributed by atoms with Gasteiger partial charge in [-0.1, -0.05) is 36.4 Å². The first-order valence-corrected chi connectivity index (χ1v) is 18.1. The number of amides is 2. The summed E-state index contributed by atoms with van der Waals surface area (Å²) in [5.74, 6) is -0.655. The van der Waals surface area contributed by atoms with Gasteiger partial charge in [0, 0.05) is 38.8 Å². The van der Waals surface area contributed by atoms with Crippen LogP contribution in [0.3, 0.4) is 0 Å². The lowest BCUT2D eigenvalue weighted by atomic mass is 9.95. The first-order valence-electron chi connectivity index (χ1n) is 16.9. The second-order valence-electron chi connectivity index (χ2n) is 12.3. The second kappa shape index (κ2) is 15.7. The zero-order chi connectivity index (χ0) is 36.1. The van der Waals surface area contributed by atoms with Crippen LogP contribution in [0.4, 0.5) is 5.69 Å². The number of ether oxygens (including phenoxy) is 2. The predicted octanol–water partition coefficient (Wildman–Crippen LogP) is 6.17. The minimum absolute atomic E-state index is 0.117. The highest BCUT2D eigenvalue weighted by Crippen LogP contribution is 2.39. The van der Waals surface area contributed by atoms with E-state index < -0.39 is 17.9 Å². The van der Waals surface area contributed by atoms with E-state index in [0.29, 0.717) is 27.7 Å². The van der Waals surface area contributed by atoms with E-state index in [1.807, 2.05) is 56.3 Å². The van der Waals surface area contributed by atoms with Crippen molar-refractivity contribution in [3.05, 3.63) is 110 Å². The summed E-state index contributed by atoms with van der Waals surface area (Å²) in [4.78, 5) is 40.8. The van der Waals surface area contributed by atoms with Crippen LogP contribution in [-0.2, 0) is 27.2 Å². The van der Waals surface area contributed by atoms with Gasteiger partial charge in [0.25, 0.3) is 11.8 Å². The minimum atomic E-state index is -0.635. The number of carbonyl (C=O) groups is 3. The van der Waals surface area contributed by atoms with E-state index in [2.05, 4.69) is 31.0 Å². The van der Waals surface area contributed by atoms with Crippen molar-refractivity contribution in [2.24, 2.45) is 5.10 Å². The van der Waals surface area contributed by atoms with E-state index >= 15 is 0 Å². The van der Waals surface area contributed by atoms with Gasteiger partial charge in [0.1, 0.15) is 10.8 Å². The third kappa shape index (κ3) is 7.74. The number of anilines is 1. The number of fused-ring (bicyclic) bond motifs is 1. The normalized spacial score (nSPS) is 15.5. The number of allylic oxidation sites excluding steroid dienone is 1. The molecule has 13 heteroatoms. The van der Waals surface area contributed by atoms with Crippen molar-refractivity contribution in [1.29, 1.82) is 0 Å². The summed E-state index contributed by atoms with van der Waals surface area (Å²) in [5, 5.41) is 14.7. The zero-order valence-corrected chi connectivity index (χ0v) is 30.6. The molecule has 0 bridgehead atoms. The summed E-state index contributed by atoms with van der Waals surface area (Å²) in [5.41, 5.74) is 9.39. The van der Waals surface area contributed by atoms with E-state index in [1.54, 1.807) is 49.6 Å². The molecule has 0 unspecified atom stereocenters. The Balaban J connectivity index is 1.17. The fourth-order valence-corrected chi connectivity index (χ4v) is 8.26. The standard InChI is InChI=1S/C38H40N6O5S2/c1-5-48-37(47)32-23(3)40-38(50)42-34(32)27-15-9-11-17-29(27)49-21-31(45)43-39-20-25-19-22(2)44(24(25)4)36-33(28-16-10-12-18-30(28)51-36)35(46)41-26-13-7-6-8-14-26/h6-9,11,13-15,17,19-20,34H,5,10,12,16,18,21H2,1-4H3,(H,41,46)(H,43,45)(H2,40,42,50)/t34-/m1/s1. The van der Waals surface area contributed by atoms with Gasteiger partial charge in [-0.05, 0) is 95.4 Å². The molecule has 0 spiro atoms. The number of benzene rings is 2. The Bertz CT molecular complexity index is 2050. The number of hydrogen-bond acceptors (Lipinski definition) is 8. The van der Waals surface area contributed by atoms with Gasteiger partial charge >= 0.3 is 5.97 Å². The third-order valence-electron chi connectivity index (χ3n) is 8.83. The Kier molecular flexibility index (Phi) is 11.0. The Morgan fingerprint density at radius 2 is 1.80 bits per heavy atom. The summed E-state index contributed by atoms with van der Waals surface area (Å²) in [6.45, 7) is 7.38. The Morgan fingerprint density at radius 3 is 2.59 bits per heavy atom. The molecule has 1 aliphatic heterocycles. The zero-order valence-electron chi connectivity index (χ0n) is 28.9. The first kappa shape index (κ1) is 35.6. The Hall–Kier alpha value is -5.27. The van der Waals surface area contributed by atoms with E-state index in [9.17, 15) is 14.4 Å². The summed E-state index contributed by atoms with van der Waals surface area (Å²) in [6.07, 6.45) is 5.60. The number of esters is 1. The monoisotopic (exact) mass is 724 g/mol. The third-order valence-corrected chi connectivity index (χ3v) is 10.3. The molecule has 0 saturated carbocycles. The fourth-order valence-electron chi connectivity index (χ4n) is 6.50. The van der Waals surface area contributed by atoms with Crippen LogP contribution in [0.25, 0.3) is 5.00 Å².